The summed E-state index contributed by atoms with van der Waals surface area (Å²) in [6.45, 7) is 3.86. The Bertz CT molecular complexity index is 1090. The number of carbonyl (C=O) groups is 1. The first-order valence-corrected chi connectivity index (χ1v) is 11.8. The van der Waals surface area contributed by atoms with Crippen LogP contribution < -0.4 is 4.74 Å². The number of imidazole rings is 1. The molecule has 5 rings (SSSR count). The molecule has 2 aliphatic rings. The summed E-state index contributed by atoms with van der Waals surface area (Å²) < 4.78 is 7.63. The second-order valence-electron chi connectivity index (χ2n) is 9.02. The van der Waals surface area contributed by atoms with Gasteiger partial charge < -0.3 is 14.2 Å². The molecule has 0 saturated heterocycles. The van der Waals surface area contributed by atoms with Gasteiger partial charge in [-0.2, -0.15) is 0 Å². The van der Waals surface area contributed by atoms with Crippen molar-refractivity contribution in [2.75, 3.05) is 7.11 Å². The molecule has 0 radical (unpaired) electrons. The van der Waals surface area contributed by atoms with E-state index in [4.69, 9.17) is 9.72 Å². The van der Waals surface area contributed by atoms with Gasteiger partial charge in [0.05, 0.1) is 12.8 Å². The molecule has 2 heterocycles. The molecule has 1 aliphatic carbocycles. The van der Waals surface area contributed by atoms with E-state index in [1.807, 2.05) is 24.3 Å². The van der Waals surface area contributed by atoms with Crippen molar-refractivity contribution >= 4 is 5.91 Å². The molecule has 1 amide bonds. The summed E-state index contributed by atoms with van der Waals surface area (Å²) in [5.41, 5.74) is 3.98. The third kappa shape index (κ3) is 4.16. The first kappa shape index (κ1) is 20.8. The van der Waals surface area contributed by atoms with Gasteiger partial charge in [-0.25, -0.2) is 4.98 Å². The molecule has 32 heavy (non-hydrogen) atoms. The Kier molecular flexibility index (Phi) is 5.73. The van der Waals surface area contributed by atoms with Crippen molar-refractivity contribution in [1.29, 1.82) is 0 Å². The van der Waals surface area contributed by atoms with Crippen molar-refractivity contribution < 1.29 is 9.53 Å². The lowest BCUT2D eigenvalue weighted by Gasteiger charge is -2.32. The quantitative estimate of drug-likeness (QED) is 0.486. The first-order chi connectivity index (χ1) is 15.7. The summed E-state index contributed by atoms with van der Waals surface area (Å²) in [6, 6.07) is 16.3. The van der Waals surface area contributed by atoms with Crippen LogP contribution in [-0.2, 0) is 19.5 Å². The van der Waals surface area contributed by atoms with Crippen molar-refractivity contribution in [3.8, 4) is 17.0 Å². The Morgan fingerprint density at radius 3 is 2.81 bits per heavy atom. The SMILES string of the molecule is CCC(C1CC1)N(Cc1cccc(-c2cn3c(n2)CCC3)c1)C(=O)c1cccc(OC)c1. The molecule has 1 atom stereocenters. The summed E-state index contributed by atoms with van der Waals surface area (Å²) in [6.07, 6.45) is 7.79. The zero-order valence-corrected chi connectivity index (χ0v) is 19.0. The third-order valence-corrected chi connectivity index (χ3v) is 6.80. The minimum absolute atomic E-state index is 0.0778. The predicted octanol–water partition coefficient (Wildman–Crippen LogP) is 5.34. The van der Waals surface area contributed by atoms with E-state index >= 15 is 0 Å². The molecule has 3 aromatic rings. The lowest BCUT2D eigenvalue weighted by atomic mass is 10.0. The maximum Gasteiger partial charge on any atom is 0.254 e. The second-order valence-corrected chi connectivity index (χ2v) is 9.02. The summed E-state index contributed by atoms with van der Waals surface area (Å²) in [4.78, 5) is 20.6. The zero-order valence-electron chi connectivity index (χ0n) is 19.0. The fourth-order valence-electron chi connectivity index (χ4n) is 4.97. The van der Waals surface area contributed by atoms with Gasteiger partial charge in [-0.05, 0) is 61.4 Å². The molecule has 5 heteroatoms. The number of aryl methyl sites for hydroxylation is 2. The van der Waals surface area contributed by atoms with E-state index < -0.39 is 0 Å². The van der Waals surface area contributed by atoms with E-state index in [0.717, 1.165) is 36.2 Å². The Hall–Kier alpha value is -3.08. The molecular formula is C27H31N3O2. The molecular weight excluding hydrogens is 398 g/mol. The van der Waals surface area contributed by atoms with Crippen molar-refractivity contribution in [1.82, 2.24) is 14.5 Å². The molecule has 1 fully saturated rings. The Balaban J connectivity index is 1.44. The minimum Gasteiger partial charge on any atom is -0.497 e. The molecule has 0 N–H and O–H groups in total. The van der Waals surface area contributed by atoms with Gasteiger partial charge >= 0.3 is 0 Å². The maximum atomic E-state index is 13.7. The number of aromatic nitrogens is 2. The van der Waals surface area contributed by atoms with Gasteiger partial charge in [-0.15, -0.1) is 0 Å². The van der Waals surface area contributed by atoms with Gasteiger partial charge in [-0.3, -0.25) is 4.79 Å². The second kappa shape index (κ2) is 8.81. The lowest BCUT2D eigenvalue weighted by Crippen LogP contribution is -2.41. The van der Waals surface area contributed by atoms with Crippen LogP contribution in [0.2, 0.25) is 0 Å². The van der Waals surface area contributed by atoms with Gasteiger partial charge in [0.2, 0.25) is 0 Å². The highest BCUT2D eigenvalue weighted by atomic mass is 16.5. The van der Waals surface area contributed by atoms with Crippen LogP contribution in [0.1, 0.15) is 54.4 Å². The Morgan fingerprint density at radius 1 is 1.22 bits per heavy atom. The summed E-state index contributed by atoms with van der Waals surface area (Å²) in [5, 5.41) is 0. The van der Waals surface area contributed by atoms with E-state index in [-0.39, 0.29) is 11.9 Å². The number of carbonyl (C=O) groups excluding carboxylic acids is 1. The number of hydrogen-bond acceptors (Lipinski definition) is 3. The number of rotatable bonds is 8. The van der Waals surface area contributed by atoms with Crippen molar-refractivity contribution in [2.24, 2.45) is 5.92 Å². The molecule has 2 aromatic carbocycles. The topological polar surface area (TPSA) is 47.4 Å². The van der Waals surface area contributed by atoms with E-state index in [1.54, 1.807) is 7.11 Å². The summed E-state index contributed by atoms with van der Waals surface area (Å²) in [5.74, 6) is 2.58. The van der Waals surface area contributed by atoms with E-state index in [9.17, 15) is 4.79 Å². The highest BCUT2D eigenvalue weighted by Gasteiger charge is 2.36. The fraction of sp³-hybridized carbons (Fsp3) is 0.407. The molecule has 1 aromatic heterocycles. The van der Waals surface area contributed by atoms with Crippen LogP contribution in [-0.4, -0.2) is 33.5 Å². The molecule has 0 spiro atoms. The zero-order chi connectivity index (χ0) is 22.1. The van der Waals surface area contributed by atoms with Crippen LogP contribution in [0, 0.1) is 5.92 Å². The van der Waals surface area contributed by atoms with Crippen LogP contribution in [0.3, 0.4) is 0 Å². The number of ether oxygens (including phenoxy) is 1. The molecule has 0 bridgehead atoms. The van der Waals surface area contributed by atoms with Gasteiger partial charge in [0.15, 0.2) is 0 Å². The van der Waals surface area contributed by atoms with Crippen molar-refractivity contribution in [3.63, 3.8) is 0 Å². The van der Waals surface area contributed by atoms with Crippen LogP contribution in [0.25, 0.3) is 11.3 Å². The van der Waals surface area contributed by atoms with E-state index in [1.165, 1.54) is 25.1 Å². The largest absolute Gasteiger partial charge is 0.497 e. The highest BCUT2D eigenvalue weighted by molar-refractivity contribution is 5.95. The predicted molar refractivity (Wildman–Crippen MR) is 126 cm³/mol. The van der Waals surface area contributed by atoms with Crippen LogP contribution in [0.5, 0.6) is 5.75 Å². The Labute approximate surface area is 190 Å². The van der Waals surface area contributed by atoms with Crippen molar-refractivity contribution in [3.05, 3.63) is 71.7 Å². The summed E-state index contributed by atoms with van der Waals surface area (Å²) in [7, 11) is 1.64. The van der Waals surface area contributed by atoms with Gasteiger partial charge in [0.1, 0.15) is 11.6 Å². The van der Waals surface area contributed by atoms with E-state index in [2.05, 4.69) is 46.9 Å². The third-order valence-electron chi connectivity index (χ3n) is 6.80. The molecule has 1 unspecified atom stereocenters. The van der Waals surface area contributed by atoms with Gasteiger partial charge in [0, 0.05) is 42.9 Å². The van der Waals surface area contributed by atoms with Gasteiger partial charge in [-0.1, -0.05) is 31.2 Å². The molecule has 166 valence electrons. The van der Waals surface area contributed by atoms with Crippen LogP contribution >= 0.6 is 0 Å². The number of methoxy groups -OCH3 is 1. The number of hydrogen-bond donors (Lipinski definition) is 0. The normalized spacial score (nSPS) is 15.9. The molecule has 1 saturated carbocycles. The van der Waals surface area contributed by atoms with Crippen LogP contribution in [0.4, 0.5) is 0 Å². The number of fused-ring (bicyclic) bond motifs is 1. The minimum atomic E-state index is 0.0778. The van der Waals surface area contributed by atoms with Gasteiger partial charge in [0.25, 0.3) is 5.91 Å². The standard InChI is InChI=1S/C27H31N3O2/c1-3-25(20-12-13-20)30(27(31)22-9-5-10-23(16-22)32-2)17-19-7-4-8-21(15-19)24-18-29-14-6-11-26(29)28-24/h4-5,7-10,15-16,18,20,25H,3,6,11-14,17H2,1-2H3. The van der Waals surface area contributed by atoms with Crippen molar-refractivity contribution in [2.45, 2.75) is 58.2 Å². The monoisotopic (exact) mass is 429 g/mol. The number of amides is 1. The first-order valence-electron chi connectivity index (χ1n) is 11.8. The highest BCUT2D eigenvalue weighted by Crippen LogP contribution is 2.38. The average molecular weight is 430 g/mol. The Morgan fingerprint density at radius 2 is 2.06 bits per heavy atom. The summed E-state index contributed by atoms with van der Waals surface area (Å²) >= 11 is 0. The average Bonchev–Trinajstić information content (AvgIpc) is 3.42. The molecule has 5 nitrogen and oxygen atoms in total. The lowest BCUT2D eigenvalue weighted by molar-refractivity contribution is 0.0629. The number of benzene rings is 2. The van der Waals surface area contributed by atoms with Crippen LogP contribution in [0.15, 0.2) is 54.7 Å². The molecule has 1 aliphatic heterocycles. The maximum absolute atomic E-state index is 13.7. The van der Waals surface area contributed by atoms with E-state index in [0.29, 0.717) is 23.8 Å². The number of nitrogens with zero attached hydrogens (tertiary/aromatic N) is 3. The smallest absolute Gasteiger partial charge is 0.254 e. The fourth-order valence-corrected chi connectivity index (χ4v) is 4.97.